The Morgan fingerprint density at radius 3 is 2.12 bits per heavy atom. The van der Waals surface area contributed by atoms with Crippen LogP contribution in [0.15, 0.2) is 48.5 Å². The Labute approximate surface area is 248 Å². The quantitative estimate of drug-likeness (QED) is 0.402. The number of nitrogens with one attached hydrogen (secondary N) is 2. The summed E-state index contributed by atoms with van der Waals surface area (Å²) in [7, 11) is -3.33. The molecular weight excluding hydrogens is 556 g/mol. The van der Waals surface area contributed by atoms with Gasteiger partial charge >= 0.3 is 0 Å². The summed E-state index contributed by atoms with van der Waals surface area (Å²) in [6.07, 6.45) is 6.93. The van der Waals surface area contributed by atoms with Crippen LogP contribution in [0.3, 0.4) is 0 Å². The van der Waals surface area contributed by atoms with E-state index in [2.05, 4.69) is 14.9 Å². The number of anilines is 1. The van der Waals surface area contributed by atoms with Gasteiger partial charge in [0, 0.05) is 38.3 Å². The van der Waals surface area contributed by atoms with E-state index in [4.69, 9.17) is 4.74 Å². The van der Waals surface area contributed by atoms with Crippen LogP contribution in [0.5, 0.6) is 11.5 Å². The topological polar surface area (TPSA) is 128 Å². The zero-order chi connectivity index (χ0) is 30.0. The van der Waals surface area contributed by atoms with Crippen molar-refractivity contribution in [1.29, 1.82) is 0 Å². The van der Waals surface area contributed by atoms with Gasteiger partial charge in [0.15, 0.2) is 0 Å². The molecule has 0 aromatic heterocycles. The van der Waals surface area contributed by atoms with Crippen molar-refractivity contribution in [2.45, 2.75) is 82.0 Å². The molecule has 1 atom stereocenters. The van der Waals surface area contributed by atoms with E-state index in [9.17, 15) is 23.1 Å². The number of nitrogens with zero attached hydrogens (tertiary/aromatic N) is 2. The van der Waals surface area contributed by atoms with Crippen LogP contribution in [0.4, 0.5) is 5.69 Å². The van der Waals surface area contributed by atoms with E-state index in [-0.39, 0.29) is 11.8 Å². The van der Waals surface area contributed by atoms with Crippen molar-refractivity contribution in [3.8, 4) is 11.5 Å². The maximum absolute atomic E-state index is 13.5. The van der Waals surface area contributed by atoms with Crippen LogP contribution in [0, 0.1) is 0 Å². The number of ether oxygens (including phenoxy) is 1. The highest BCUT2D eigenvalue weighted by Crippen LogP contribution is 2.37. The Morgan fingerprint density at radius 1 is 0.952 bits per heavy atom. The number of piperazine rings is 1. The van der Waals surface area contributed by atoms with Crippen molar-refractivity contribution in [3.63, 3.8) is 0 Å². The second kappa shape index (κ2) is 12.2. The minimum absolute atomic E-state index is 0.0681. The molecule has 2 heterocycles. The summed E-state index contributed by atoms with van der Waals surface area (Å²) in [4.78, 5) is 31.1. The first-order chi connectivity index (χ1) is 20.0. The van der Waals surface area contributed by atoms with Crippen molar-refractivity contribution >= 4 is 27.5 Å². The second-order valence-electron chi connectivity index (χ2n) is 12.1. The van der Waals surface area contributed by atoms with Crippen LogP contribution >= 0.6 is 0 Å². The molecule has 5 rings (SSSR count). The smallest absolute Gasteiger partial charge is 0.246 e. The van der Waals surface area contributed by atoms with Gasteiger partial charge in [0.05, 0.1) is 11.9 Å². The molecule has 3 aliphatic rings. The van der Waals surface area contributed by atoms with Crippen LogP contribution in [0.1, 0.15) is 63.9 Å². The van der Waals surface area contributed by atoms with Gasteiger partial charge in [-0.3, -0.25) is 19.2 Å². The summed E-state index contributed by atoms with van der Waals surface area (Å²) in [6.45, 7) is 4.51. The van der Waals surface area contributed by atoms with Crippen LogP contribution in [-0.2, 0) is 26.2 Å². The summed E-state index contributed by atoms with van der Waals surface area (Å²) < 4.78 is 31.1. The van der Waals surface area contributed by atoms with Crippen molar-refractivity contribution in [2.75, 3.05) is 30.6 Å². The predicted molar refractivity (Wildman–Crippen MR) is 161 cm³/mol. The number of piperidine rings is 1. The fourth-order valence-corrected chi connectivity index (χ4v) is 7.27. The van der Waals surface area contributed by atoms with E-state index in [1.807, 2.05) is 31.2 Å². The van der Waals surface area contributed by atoms with Crippen LogP contribution in [0.2, 0.25) is 0 Å². The van der Waals surface area contributed by atoms with E-state index in [0.29, 0.717) is 68.9 Å². The predicted octanol–water partition coefficient (Wildman–Crippen LogP) is 3.62. The van der Waals surface area contributed by atoms with Gasteiger partial charge in [-0.05, 0) is 74.6 Å². The van der Waals surface area contributed by atoms with Crippen molar-refractivity contribution in [3.05, 3.63) is 54.1 Å². The number of hydrogen-bond acceptors (Lipinski definition) is 7. The minimum atomic E-state index is -3.33. The molecule has 2 aromatic rings. The zero-order valence-electron chi connectivity index (χ0n) is 24.5. The van der Waals surface area contributed by atoms with E-state index in [0.717, 1.165) is 37.6 Å². The van der Waals surface area contributed by atoms with E-state index >= 15 is 0 Å². The van der Waals surface area contributed by atoms with Gasteiger partial charge in [-0.1, -0.05) is 31.4 Å². The Kier molecular flexibility index (Phi) is 8.82. The van der Waals surface area contributed by atoms with E-state index in [1.54, 1.807) is 29.2 Å². The number of likely N-dealkylation sites (tertiary alicyclic amines) is 1. The lowest BCUT2D eigenvalue weighted by atomic mass is 9.77. The molecule has 1 aliphatic carbocycles. The molecular formula is C31H42N4O6S. The molecule has 0 radical (unpaired) electrons. The first-order valence-electron chi connectivity index (χ1n) is 14.9. The molecule has 2 saturated heterocycles. The first-order valence-corrected chi connectivity index (χ1v) is 16.8. The van der Waals surface area contributed by atoms with E-state index in [1.165, 1.54) is 0 Å². The molecule has 1 saturated carbocycles. The average Bonchev–Trinajstić information content (AvgIpc) is 2.95. The standard InChI is InChI=1S/C31H42N4O6S/c1-3-35-28(36)27(21-30(38)15-5-4-6-16-30)32-29(37)31(35)17-19-34(20-18-31)22-23-7-11-25(12-8-23)41-26-13-9-24(10-14-26)33-42(2,39)40/h7-14,27,33,38H,3-6,15-22H2,1-2H3,(H,32,37)/t27-/m1/s1. The fourth-order valence-electron chi connectivity index (χ4n) is 6.71. The molecule has 1 spiro atoms. The third-order valence-corrected chi connectivity index (χ3v) is 9.51. The largest absolute Gasteiger partial charge is 0.457 e. The summed E-state index contributed by atoms with van der Waals surface area (Å²) in [5.41, 5.74) is -0.123. The summed E-state index contributed by atoms with van der Waals surface area (Å²) in [5, 5.41) is 14.1. The van der Waals surface area contributed by atoms with Gasteiger partial charge < -0.3 is 20.1 Å². The number of rotatable bonds is 9. The molecule has 0 bridgehead atoms. The lowest BCUT2D eigenvalue weighted by Gasteiger charge is -2.52. The fraction of sp³-hybridized carbons (Fsp3) is 0.548. The van der Waals surface area contributed by atoms with E-state index < -0.39 is 27.2 Å². The summed E-state index contributed by atoms with van der Waals surface area (Å²) >= 11 is 0. The van der Waals surface area contributed by atoms with Crippen LogP contribution < -0.4 is 14.8 Å². The highest BCUT2D eigenvalue weighted by Gasteiger charge is 2.54. The number of benzene rings is 2. The number of sulfonamides is 1. The second-order valence-corrected chi connectivity index (χ2v) is 13.8. The molecule has 2 aromatic carbocycles. The Morgan fingerprint density at radius 2 is 1.55 bits per heavy atom. The maximum Gasteiger partial charge on any atom is 0.246 e. The highest BCUT2D eigenvalue weighted by atomic mass is 32.2. The minimum Gasteiger partial charge on any atom is -0.457 e. The Balaban J connectivity index is 1.15. The molecule has 0 unspecified atom stereocenters. The number of hydrogen-bond donors (Lipinski definition) is 3. The molecule has 2 amide bonds. The zero-order valence-corrected chi connectivity index (χ0v) is 25.3. The maximum atomic E-state index is 13.5. The number of likely N-dealkylation sites (N-methyl/N-ethyl adjacent to an activating group) is 1. The number of aliphatic hydroxyl groups is 1. The van der Waals surface area contributed by atoms with Crippen molar-refractivity contribution < 1.29 is 27.9 Å². The van der Waals surface area contributed by atoms with Gasteiger partial charge in [-0.15, -0.1) is 0 Å². The van der Waals surface area contributed by atoms with Gasteiger partial charge in [-0.25, -0.2) is 8.42 Å². The third-order valence-electron chi connectivity index (χ3n) is 8.90. The van der Waals surface area contributed by atoms with Gasteiger partial charge in [-0.2, -0.15) is 0 Å². The average molecular weight is 599 g/mol. The number of carbonyl (C=O) groups is 2. The first kappa shape index (κ1) is 30.3. The van der Waals surface area contributed by atoms with Crippen LogP contribution in [-0.4, -0.2) is 78.2 Å². The van der Waals surface area contributed by atoms with Crippen molar-refractivity contribution in [1.82, 2.24) is 15.1 Å². The summed E-state index contributed by atoms with van der Waals surface area (Å²) in [6, 6.07) is 13.9. The molecule has 42 heavy (non-hydrogen) atoms. The molecule has 11 heteroatoms. The lowest BCUT2D eigenvalue weighted by molar-refractivity contribution is -0.163. The Hall–Kier alpha value is -3.15. The molecule has 3 N–H and O–H groups in total. The molecule has 2 aliphatic heterocycles. The number of amides is 2. The monoisotopic (exact) mass is 598 g/mol. The highest BCUT2D eigenvalue weighted by molar-refractivity contribution is 7.92. The summed E-state index contributed by atoms with van der Waals surface area (Å²) in [5.74, 6) is 1.11. The molecule has 228 valence electrons. The number of carbonyl (C=O) groups excluding carboxylic acids is 2. The third kappa shape index (κ3) is 6.90. The molecule has 10 nitrogen and oxygen atoms in total. The van der Waals surface area contributed by atoms with Crippen LogP contribution in [0.25, 0.3) is 0 Å². The molecule has 3 fully saturated rings. The normalized spacial score (nSPS) is 22.5. The Bertz CT molecular complexity index is 1370. The van der Waals surface area contributed by atoms with Gasteiger partial charge in [0.25, 0.3) is 0 Å². The SMILES string of the molecule is CCN1C(=O)[C@@H](CC2(O)CCCCC2)NC(=O)C12CCN(Cc1ccc(Oc3ccc(NS(C)(=O)=O)cc3)cc1)CC2. The van der Waals surface area contributed by atoms with Crippen molar-refractivity contribution in [2.24, 2.45) is 0 Å². The van der Waals surface area contributed by atoms with Gasteiger partial charge in [0.1, 0.15) is 23.1 Å². The van der Waals surface area contributed by atoms with Gasteiger partial charge in [0.2, 0.25) is 21.8 Å². The lowest BCUT2D eigenvalue weighted by Crippen LogP contribution is -2.73.